The molecule has 0 aliphatic heterocycles. The Kier molecular flexibility index (Phi) is 8.53. The van der Waals surface area contributed by atoms with Crippen LogP contribution < -0.4 is 11.6 Å². The monoisotopic (exact) mass is 364 g/mol. The molecule has 26 heavy (non-hydrogen) atoms. The molecule has 6 nitrogen and oxygen atoms in total. The Balaban J connectivity index is 2.63. The summed E-state index contributed by atoms with van der Waals surface area (Å²) in [6, 6.07) is 0. The van der Waals surface area contributed by atoms with Gasteiger partial charge < -0.3 is 15.6 Å². The summed E-state index contributed by atoms with van der Waals surface area (Å²) in [4.78, 5) is 4.33. The molecule has 0 saturated carbocycles. The molecule has 1 aliphatic rings. The molecule has 0 heterocycles. The van der Waals surface area contributed by atoms with Crippen LogP contribution >= 0.6 is 0 Å². The Labute approximate surface area is 158 Å². The molecule has 0 bridgehead atoms. The highest BCUT2D eigenvalue weighted by Gasteiger charge is 2.19. The highest BCUT2D eigenvalue weighted by Crippen LogP contribution is 2.21. The summed E-state index contributed by atoms with van der Waals surface area (Å²) in [5, 5.41) is 11.3. The third-order valence-electron chi connectivity index (χ3n) is 4.10. The number of hydrazine groups is 1. The highest BCUT2D eigenvalue weighted by molar-refractivity contribution is 5.62. The van der Waals surface area contributed by atoms with Gasteiger partial charge in [0.05, 0.1) is 6.10 Å². The standard InChI is InChI=1S/C20H36N4O2/c1-7-19(23-11-14(2)15(3)25)26-17-9-8-16(18(21)10-17)12-24(22)13-20(4,5)6/h7-8,10-11,14-15,17,25H,9,12-13,21-22H2,1-6H3/b19-7+,23-11-. The Morgan fingerprint density at radius 2 is 2.12 bits per heavy atom. The molecule has 148 valence electrons. The summed E-state index contributed by atoms with van der Waals surface area (Å²) in [6.45, 7) is 13.4. The van der Waals surface area contributed by atoms with Crippen molar-refractivity contribution < 1.29 is 9.84 Å². The van der Waals surface area contributed by atoms with E-state index in [9.17, 15) is 5.11 Å². The zero-order chi connectivity index (χ0) is 19.9. The van der Waals surface area contributed by atoms with E-state index < -0.39 is 6.10 Å². The fraction of sp³-hybridized carbons (Fsp3) is 0.650. The Morgan fingerprint density at radius 3 is 2.62 bits per heavy atom. The van der Waals surface area contributed by atoms with E-state index in [0.717, 1.165) is 18.5 Å². The van der Waals surface area contributed by atoms with E-state index in [0.29, 0.717) is 18.1 Å². The molecule has 0 radical (unpaired) electrons. The van der Waals surface area contributed by atoms with E-state index in [4.69, 9.17) is 16.3 Å². The summed E-state index contributed by atoms with van der Waals surface area (Å²) in [5.41, 5.74) is 8.06. The third kappa shape index (κ3) is 8.17. The van der Waals surface area contributed by atoms with Crippen molar-refractivity contribution in [3.63, 3.8) is 0 Å². The van der Waals surface area contributed by atoms with Gasteiger partial charge in [0.2, 0.25) is 5.88 Å². The highest BCUT2D eigenvalue weighted by atomic mass is 16.5. The van der Waals surface area contributed by atoms with Crippen molar-refractivity contribution in [3.05, 3.63) is 35.4 Å². The predicted octanol–water partition coefficient (Wildman–Crippen LogP) is 2.72. The smallest absolute Gasteiger partial charge is 0.209 e. The lowest BCUT2D eigenvalue weighted by molar-refractivity contribution is 0.150. The van der Waals surface area contributed by atoms with Gasteiger partial charge in [-0.05, 0) is 37.0 Å². The van der Waals surface area contributed by atoms with Gasteiger partial charge in [0, 0.05) is 37.3 Å². The molecule has 6 heteroatoms. The number of nitrogens with zero attached hydrogens (tertiary/aromatic N) is 2. The zero-order valence-corrected chi connectivity index (χ0v) is 17.1. The van der Waals surface area contributed by atoms with Crippen molar-refractivity contribution in [1.82, 2.24) is 5.01 Å². The van der Waals surface area contributed by atoms with Crippen LogP contribution in [0.3, 0.4) is 0 Å². The van der Waals surface area contributed by atoms with Gasteiger partial charge in [-0.2, -0.15) is 0 Å². The Hall–Kier alpha value is -1.63. The normalized spacial score (nSPS) is 21.6. The first-order valence-corrected chi connectivity index (χ1v) is 9.23. The number of allylic oxidation sites excluding steroid dienone is 1. The molecule has 0 aromatic heterocycles. The minimum absolute atomic E-state index is 0.0367. The van der Waals surface area contributed by atoms with Crippen molar-refractivity contribution in [2.24, 2.45) is 27.9 Å². The van der Waals surface area contributed by atoms with Gasteiger partial charge in [0.25, 0.3) is 0 Å². The van der Waals surface area contributed by atoms with Crippen molar-refractivity contribution >= 4 is 6.21 Å². The van der Waals surface area contributed by atoms with E-state index in [1.54, 1.807) is 24.2 Å². The molecule has 0 aromatic rings. The maximum absolute atomic E-state index is 9.53. The molecule has 0 fully saturated rings. The van der Waals surface area contributed by atoms with E-state index in [-0.39, 0.29) is 17.4 Å². The lowest BCUT2D eigenvalue weighted by atomic mass is 9.96. The second-order valence-corrected chi connectivity index (χ2v) is 8.21. The molecular formula is C20H36N4O2. The van der Waals surface area contributed by atoms with Gasteiger partial charge in [-0.25, -0.2) is 10.0 Å². The van der Waals surface area contributed by atoms with Crippen molar-refractivity contribution in [2.75, 3.05) is 13.1 Å². The number of hydrogen-bond acceptors (Lipinski definition) is 6. The minimum Gasteiger partial charge on any atom is -0.470 e. The molecule has 3 unspecified atom stereocenters. The molecule has 1 rings (SSSR count). The van der Waals surface area contributed by atoms with Crippen LogP contribution in [0.4, 0.5) is 0 Å². The predicted molar refractivity (Wildman–Crippen MR) is 108 cm³/mol. The number of hydrogen-bond donors (Lipinski definition) is 3. The van der Waals surface area contributed by atoms with Crippen LogP contribution in [0.25, 0.3) is 0 Å². The van der Waals surface area contributed by atoms with Crippen molar-refractivity contribution in [2.45, 2.75) is 60.2 Å². The quantitative estimate of drug-likeness (QED) is 0.266. The lowest BCUT2D eigenvalue weighted by Gasteiger charge is -2.28. The van der Waals surface area contributed by atoms with E-state index in [2.05, 4.69) is 31.8 Å². The second-order valence-electron chi connectivity index (χ2n) is 8.21. The average molecular weight is 365 g/mol. The van der Waals surface area contributed by atoms with Crippen LogP contribution in [0.1, 0.15) is 48.0 Å². The Bertz CT molecular complexity index is 571. The van der Waals surface area contributed by atoms with Gasteiger partial charge in [0.1, 0.15) is 6.10 Å². The van der Waals surface area contributed by atoms with Gasteiger partial charge >= 0.3 is 0 Å². The maximum Gasteiger partial charge on any atom is 0.209 e. The second kappa shape index (κ2) is 9.90. The van der Waals surface area contributed by atoms with Crippen molar-refractivity contribution in [3.8, 4) is 0 Å². The number of aliphatic imine (C=N–C) groups is 1. The molecule has 5 N–H and O–H groups in total. The fourth-order valence-electron chi connectivity index (χ4n) is 2.52. The van der Waals surface area contributed by atoms with Gasteiger partial charge in [0.15, 0.2) is 0 Å². The van der Waals surface area contributed by atoms with Crippen LogP contribution in [0.2, 0.25) is 0 Å². The van der Waals surface area contributed by atoms with Crippen LogP contribution in [0, 0.1) is 11.3 Å². The number of nitrogens with two attached hydrogens (primary N) is 2. The summed E-state index contributed by atoms with van der Waals surface area (Å²) in [6.07, 6.45) is 7.63. The Morgan fingerprint density at radius 1 is 1.46 bits per heavy atom. The number of aliphatic hydroxyl groups excluding tert-OH is 1. The first-order chi connectivity index (χ1) is 12.0. The summed E-state index contributed by atoms with van der Waals surface area (Å²) >= 11 is 0. The SMILES string of the molecule is C/C=C(\N=C/C(C)C(C)O)OC1C=C(N)C(CN(N)CC(C)(C)C)=CC1. The first-order valence-electron chi connectivity index (χ1n) is 9.23. The molecule has 0 amide bonds. The van der Waals surface area contributed by atoms with Crippen molar-refractivity contribution in [1.29, 1.82) is 0 Å². The maximum atomic E-state index is 9.53. The minimum atomic E-state index is -0.445. The molecule has 0 aromatic carbocycles. The molecule has 3 atom stereocenters. The van der Waals surface area contributed by atoms with E-state index in [1.807, 2.05) is 19.9 Å². The number of aliphatic hydroxyl groups is 1. The molecule has 0 saturated heterocycles. The summed E-state index contributed by atoms with van der Waals surface area (Å²) < 4.78 is 5.91. The fourth-order valence-corrected chi connectivity index (χ4v) is 2.52. The summed E-state index contributed by atoms with van der Waals surface area (Å²) in [5.74, 6) is 6.60. The van der Waals surface area contributed by atoms with E-state index >= 15 is 0 Å². The van der Waals surface area contributed by atoms with Crippen LogP contribution in [0.15, 0.2) is 40.4 Å². The molecular weight excluding hydrogens is 328 g/mol. The third-order valence-corrected chi connectivity index (χ3v) is 4.10. The largest absolute Gasteiger partial charge is 0.470 e. The topological polar surface area (TPSA) is 97.1 Å². The summed E-state index contributed by atoms with van der Waals surface area (Å²) in [7, 11) is 0. The lowest BCUT2D eigenvalue weighted by Crippen LogP contribution is -2.40. The van der Waals surface area contributed by atoms with E-state index in [1.165, 1.54) is 0 Å². The van der Waals surface area contributed by atoms with Gasteiger partial charge in [-0.15, -0.1) is 0 Å². The molecule has 0 spiro atoms. The van der Waals surface area contributed by atoms with Crippen LogP contribution in [-0.2, 0) is 4.74 Å². The number of ether oxygens (including phenoxy) is 1. The number of rotatable bonds is 8. The first kappa shape index (κ1) is 22.4. The molecule has 1 aliphatic carbocycles. The zero-order valence-electron chi connectivity index (χ0n) is 17.1. The van der Waals surface area contributed by atoms with Gasteiger partial charge in [-0.1, -0.05) is 33.8 Å². The van der Waals surface area contributed by atoms with Crippen LogP contribution in [-0.4, -0.2) is 41.6 Å². The van der Waals surface area contributed by atoms with Crippen LogP contribution in [0.5, 0.6) is 0 Å². The van der Waals surface area contributed by atoms with Gasteiger partial charge in [-0.3, -0.25) is 5.84 Å². The average Bonchev–Trinajstić information content (AvgIpc) is 2.51.